The molecule has 1 aromatic carbocycles. The van der Waals surface area contributed by atoms with Gasteiger partial charge in [-0.15, -0.1) is 24.0 Å². The number of nitrogens with zero attached hydrogens (tertiary/aromatic N) is 1. The summed E-state index contributed by atoms with van der Waals surface area (Å²) in [5.74, 6) is 2.29. The lowest BCUT2D eigenvalue weighted by Crippen LogP contribution is -2.41. The second-order valence-electron chi connectivity index (χ2n) is 5.10. The van der Waals surface area contributed by atoms with E-state index in [0.717, 1.165) is 24.0 Å². The van der Waals surface area contributed by atoms with E-state index in [0.29, 0.717) is 12.6 Å². The Morgan fingerprint density at radius 2 is 1.82 bits per heavy atom. The van der Waals surface area contributed by atoms with Gasteiger partial charge in [0.25, 0.3) is 0 Å². The van der Waals surface area contributed by atoms with Gasteiger partial charge in [-0.2, -0.15) is 0 Å². The van der Waals surface area contributed by atoms with Crippen LogP contribution in [0.3, 0.4) is 0 Å². The molecule has 0 saturated carbocycles. The first-order chi connectivity index (χ1) is 10.1. The van der Waals surface area contributed by atoms with E-state index in [9.17, 15) is 0 Å². The number of nitrogens with one attached hydrogen (secondary N) is 2. The molecule has 0 heterocycles. The molecule has 6 heteroatoms. The van der Waals surface area contributed by atoms with E-state index in [-0.39, 0.29) is 30.1 Å². The van der Waals surface area contributed by atoms with Crippen LogP contribution in [0.2, 0.25) is 0 Å². The van der Waals surface area contributed by atoms with Gasteiger partial charge in [-0.05, 0) is 39.8 Å². The minimum absolute atomic E-state index is 0. The van der Waals surface area contributed by atoms with Crippen molar-refractivity contribution in [2.75, 3.05) is 20.2 Å². The van der Waals surface area contributed by atoms with Crippen molar-refractivity contribution in [3.8, 4) is 11.5 Å². The van der Waals surface area contributed by atoms with E-state index in [2.05, 4.69) is 29.5 Å². The fourth-order valence-corrected chi connectivity index (χ4v) is 1.78. The fraction of sp³-hybridized carbons (Fsp3) is 0.562. The van der Waals surface area contributed by atoms with Crippen molar-refractivity contribution in [2.45, 2.75) is 39.8 Å². The minimum Gasteiger partial charge on any atom is -0.493 e. The molecule has 0 aliphatic carbocycles. The van der Waals surface area contributed by atoms with Gasteiger partial charge < -0.3 is 20.1 Å². The van der Waals surface area contributed by atoms with Crippen molar-refractivity contribution in [1.29, 1.82) is 0 Å². The number of para-hydroxylation sites is 2. The third kappa shape index (κ3) is 7.72. The lowest BCUT2D eigenvalue weighted by molar-refractivity contribution is 0.219. The third-order valence-corrected chi connectivity index (χ3v) is 2.67. The van der Waals surface area contributed by atoms with Crippen molar-refractivity contribution < 1.29 is 9.47 Å². The molecule has 1 rings (SSSR count). The summed E-state index contributed by atoms with van der Waals surface area (Å²) in [6.07, 6.45) is -0.0380. The van der Waals surface area contributed by atoms with Crippen LogP contribution >= 0.6 is 24.0 Å². The average molecular weight is 421 g/mol. The fourth-order valence-electron chi connectivity index (χ4n) is 1.78. The van der Waals surface area contributed by atoms with Gasteiger partial charge in [0.1, 0.15) is 6.10 Å². The molecule has 0 bridgehead atoms. The first kappa shape index (κ1) is 20.8. The topological polar surface area (TPSA) is 54.9 Å². The Kier molecular flexibility index (Phi) is 10.8. The molecule has 0 aliphatic heterocycles. The Hall–Kier alpha value is -1.18. The van der Waals surface area contributed by atoms with Gasteiger partial charge >= 0.3 is 0 Å². The third-order valence-electron chi connectivity index (χ3n) is 2.67. The molecule has 0 amide bonds. The van der Waals surface area contributed by atoms with Crippen molar-refractivity contribution >= 4 is 29.9 Å². The zero-order chi connectivity index (χ0) is 15.7. The molecule has 0 aliphatic rings. The van der Waals surface area contributed by atoms with E-state index in [1.54, 1.807) is 7.11 Å². The summed E-state index contributed by atoms with van der Waals surface area (Å²) < 4.78 is 11.2. The standard InChI is InChI=1S/C16H27N3O2.HI/c1-6-17-16(19-12(2)3)18-11-13(4)21-15-10-8-7-9-14(15)20-5;/h7-10,12-13H,6,11H2,1-5H3,(H2,17,18,19);1H. The Balaban J connectivity index is 0.00000441. The Labute approximate surface area is 150 Å². The van der Waals surface area contributed by atoms with Gasteiger partial charge in [-0.1, -0.05) is 12.1 Å². The molecule has 5 nitrogen and oxygen atoms in total. The molecule has 22 heavy (non-hydrogen) atoms. The van der Waals surface area contributed by atoms with Gasteiger partial charge in [-0.3, -0.25) is 0 Å². The molecule has 2 N–H and O–H groups in total. The summed E-state index contributed by atoms with van der Waals surface area (Å²) in [7, 11) is 1.64. The average Bonchev–Trinajstić information content (AvgIpc) is 2.45. The molecule has 1 atom stereocenters. The highest BCUT2D eigenvalue weighted by atomic mass is 127. The smallest absolute Gasteiger partial charge is 0.191 e. The van der Waals surface area contributed by atoms with Crippen LogP contribution in [0.25, 0.3) is 0 Å². The summed E-state index contributed by atoms with van der Waals surface area (Å²) in [6, 6.07) is 7.97. The number of guanidine groups is 1. The van der Waals surface area contributed by atoms with Crippen molar-refractivity contribution in [3.05, 3.63) is 24.3 Å². The number of benzene rings is 1. The predicted molar refractivity (Wildman–Crippen MR) is 103 cm³/mol. The van der Waals surface area contributed by atoms with Crippen molar-refractivity contribution in [3.63, 3.8) is 0 Å². The van der Waals surface area contributed by atoms with Gasteiger partial charge in [0.2, 0.25) is 0 Å². The summed E-state index contributed by atoms with van der Waals surface area (Å²) in [5, 5.41) is 6.50. The zero-order valence-electron chi connectivity index (χ0n) is 14.1. The highest BCUT2D eigenvalue weighted by Crippen LogP contribution is 2.26. The van der Waals surface area contributed by atoms with Crippen LogP contribution in [0.15, 0.2) is 29.3 Å². The number of halogens is 1. The SMILES string of the molecule is CCNC(=NCC(C)Oc1ccccc1OC)NC(C)C.I. The van der Waals surface area contributed by atoms with Crippen LogP contribution in [0.1, 0.15) is 27.7 Å². The lowest BCUT2D eigenvalue weighted by atomic mass is 10.3. The van der Waals surface area contributed by atoms with Crippen LogP contribution in [0.5, 0.6) is 11.5 Å². The number of rotatable bonds is 7. The molecule has 126 valence electrons. The summed E-state index contributed by atoms with van der Waals surface area (Å²) in [5.41, 5.74) is 0. The number of ether oxygens (including phenoxy) is 2. The van der Waals surface area contributed by atoms with Crippen LogP contribution in [-0.2, 0) is 0 Å². The normalized spacial score (nSPS) is 12.4. The first-order valence-electron chi connectivity index (χ1n) is 7.41. The molecular formula is C16H28IN3O2. The molecular weight excluding hydrogens is 393 g/mol. The van der Waals surface area contributed by atoms with Crippen molar-refractivity contribution in [2.24, 2.45) is 4.99 Å². The summed E-state index contributed by atoms with van der Waals surface area (Å²) in [6.45, 7) is 9.62. The number of hydrogen-bond acceptors (Lipinski definition) is 3. The maximum atomic E-state index is 5.88. The van der Waals surface area contributed by atoms with Gasteiger partial charge in [0.05, 0.1) is 13.7 Å². The Bertz CT molecular complexity index is 453. The largest absolute Gasteiger partial charge is 0.493 e. The monoisotopic (exact) mass is 421 g/mol. The van der Waals surface area contributed by atoms with Crippen LogP contribution in [0.4, 0.5) is 0 Å². The second kappa shape index (κ2) is 11.4. The van der Waals surface area contributed by atoms with E-state index >= 15 is 0 Å². The molecule has 1 aromatic rings. The molecule has 1 unspecified atom stereocenters. The highest BCUT2D eigenvalue weighted by Gasteiger charge is 2.08. The molecule has 0 radical (unpaired) electrons. The number of hydrogen-bond donors (Lipinski definition) is 2. The summed E-state index contributed by atoms with van der Waals surface area (Å²) >= 11 is 0. The number of aliphatic imine (C=N–C) groups is 1. The molecule has 0 spiro atoms. The van der Waals surface area contributed by atoms with Crippen LogP contribution < -0.4 is 20.1 Å². The Morgan fingerprint density at radius 3 is 2.36 bits per heavy atom. The van der Waals surface area contributed by atoms with Crippen molar-refractivity contribution in [1.82, 2.24) is 10.6 Å². The molecule has 0 saturated heterocycles. The van der Waals surface area contributed by atoms with Crippen LogP contribution in [0, 0.1) is 0 Å². The maximum absolute atomic E-state index is 5.88. The predicted octanol–water partition coefficient (Wildman–Crippen LogP) is 3.04. The minimum atomic E-state index is -0.0380. The Morgan fingerprint density at radius 1 is 1.18 bits per heavy atom. The van der Waals surface area contributed by atoms with E-state index < -0.39 is 0 Å². The maximum Gasteiger partial charge on any atom is 0.191 e. The zero-order valence-corrected chi connectivity index (χ0v) is 16.4. The second-order valence-corrected chi connectivity index (χ2v) is 5.10. The molecule has 0 fully saturated rings. The lowest BCUT2D eigenvalue weighted by Gasteiger charge is -2.17. The quantitative estimate of drug-likeness (QED) is 0.404. The van der Waals surface area contributed by atoms with Gasteiger partial charge in [0.15, 0.2) is 17.5 Å². The molecule has 0 aromatic heterocycles. The van der Waals surface area contributed by atoms with E-state index in [4.69, 9.17) is 9.47 Å². The van der Waals surface area contributed by atoms with E-state index in [1.165, 1.54) is 0 Å². The summed E-state index contributed by atoms with van der Waals surface area (Å²) in [4.78, 5) is 4.53. The van der Waals surface area contributed by atoms with Gasteiger partial charge in [-0.25, -0.2) is 4.99 Å². The van der Waals surface area contributed by atoms with E-state index in [1.807, 2.05) is 38.1 Å². The number of methoxy groups -OCH3 is 1. The van der Waals surface area contributed by atoms with Crippen LogP contribution in [-0.4, -0.2) is 38.3 Å². The first-order valence-corrected chi connectivity index (χ1v) is 7.41. The highest BCUT2D eigenvalue weighted by molar-refractivity contribution is 14.0. The van der Waals surface area contributed by atoms with Gasteiger partial charge in [0, 0.05) is 12.6 Å².